The van der Waals surface area contributed by atoms with Crippen molar-refractivity contribution in [1.29, 1.82) is 0 Å². The fourth-order valence-corrected chi connectivity index (χ4v) is 1.90. The fourth-order valence-electron chi connectivity index (χ4n) is 1.73. The van der Waals surface area contributed by atoms with Crippen molar-refractivity contribution in [3.05, 3.63) is 29.3 Å². The molecule has 3 N–H and O–H groups in total. The molecular weight excluding hydrogens is 232 g/mol. The van der Waals surface area contributed by atoms with Gasteiger partial charge in [0.15, 0.2) is 0 Å². The van der Waals surface area contributed by atoms with Crippen LogP contribution in [0.15, 0.2) is 18.2 Å². The molecule has 1 aromatic carbocycles. The summed E-state index contributed by atoms with van der Waals surface area (Å²) in [5, 5.41) is 3.40. The standard InChI is InChI=1S/C13H20N2OS/c1-9-5-6-11(10(7-9)12(14)17)15-13(2,3)8-16-4/h5-7,15H,8H2,1-4H3,(H2,14,17). The van der Waals surface area contributed by atoms with Gasteiger partial charge >= 0.3 is 0 Å². The smallest absolute Gasteiger partial charge is 0.106 e. The third-order valence-electron chi connectivity index (χ3n) is 2.42. The Labute approximate surface area is 108 Å². The van der Waals surface area contributed by atoms with E-state index in [1.54, 1.807) is 7.11 Å². The molecule has 0 atom stereocenters. The first-order chi connectivity index (χ1) is 7.85. The van der Waals surface area contributed by atoms with Gasteiger partial charge in [-0.15, -0.1) is 0 Å². The summed E-state index contributed by atoms with van der Waals surface area (Å²) in [4.78, 5) is 0.407. The number of hydrogen-bond donors (Lipinski definition) is 2. The summed E-state index contributed by atoms with van der Waals surface area (Å²) < 4.78 is 5.18. The molecule has 0 fully saturated rings. The van der Waals surface area contributed by atoms with E-state index in [1.807, 2.05) is 25.1 Å². The molecule has 0 unspecified atom stereocenters. The molecule has 0 radical (unpaired) electrons. The van der Waals surface area contributed by atoms with Gasteiger partial charge in [0.25, 0.3) is 0 Å². The van der Waals surface area contributed by atoms with Crippen molar-refractivity contribution in [2.75, 3.05) is 19.0 Å². The molecule has 0 aromatic heterocycles. The van der Waals surface area contributed by atoms with E-state index in [0.717, 1.165) is 16.8 Å². The SMILES string of the molecule is COCC(C)(C)Nc1ccc(C)cc1C(N)=S. The molecule has 0 bridgehead atoms. The van der Waals surface area contributed by atoms with Gasteiger partial charge in [0, 0.05) is 18.4 Å². The van der Waals surface area contributed by atoms with Crippen molar-refractivity contribution in [1.82, 2.24) is 0 Å². The molecule has 3 nitrogen and oxygen atoms in total. The van der Waals surface area contributed by atoms with E-state index in [4.69, 9.17) is 22.7 Å². The molecule has 0 saturated carbocycles. The van der Waals surface area contributed by atoms with E-state index in [9.17, 15) is 0 Å². The van der Waals surface area contributed by atoms with Crippen LogP contribution in [0.5, 0.6) is 0 Å². The van der Waals surface area contributed by atoms with Gasteiger partial charge in [-0.3, -0.25) is 0 Å². The van der Waals surface area contributed by atoms with E-state index >= 15 is 0 Å². The highest BCUT2D eigenvalue weighted by Gasteiger charge is 2.19. The van der Waals surface area contributed by atoms with Crippen molar-refractivity contribution in [2.24, 2.45) is 5.73 Å². The Morgan fingerprint density at radius 1 is 1.47 bits per heavy atom. The maximum atomic E-state index is 5.74. The molecule has 17 heavy (non-hydrogen) atoms. The minimum atomic E-state index is -0.163. The van der Waals surface area contributed by atoms with Crippen LogP contribution in [0.4, 0.5) is 5.69 Å². The van der Waals surface area contributed by atoms with Crippen LogP contribution < -0.4 is 11.1 Å². The maximum absolute atomic E-state index is 5.74. The van der Waals surface area contributed by atoms with Gasteiger partial charge in [0.1, 0.15) is 4.99 Å². The Balaban J connectivity index is 3.02. The lowest BCUT2D eigenvalue weighted by Crippen LogP contribution is -2.36. The molecule has 0 amide bonds. The number of benzene rings is 1. The van der Waals surface area contributed by atoms with Crippen molar-refractivity contribution in [3.63, 3.8) is 0 Å². The van der Waals surface area contributed by atoms with Crippen LogP contribution in [-0.2, 0) is 4.74 Å². The number of nitrogens with one attached hydrogen (secondary N) is 1. The van der Waals surface area contributed by atoms with Gasteiger partial charge in [0.2, 0.25) is 0 Å². The molecule has 0 spiro atoms. The van der Waals surface area contributed by atoms with E-state index in [0.29, 0.717) is 11.6 Å². The third-order valence-corrected chi connectivity index (χ3v) is 2.64. The number of thiocarbonyl (C=S) groups is 1. The summed E-state index contributed by atoms with van der Waals surface area (Å²) in [5.41, 5.74) is 8.54. The number of hydrogen-bond acceptors (Lipinski definition) is 3. The fraction of sp³-hybridized carbons (Fsp3) is 0.462. The number of nitrogens with two attached hydrogens (primary N) is 1. The number of methoxy groups -OCH3 is 1. The molecule has 0 aliphatic carbocycles. The van der Waals surface area contributed by atoms with Gasteiger partial charge < -0.3 is 15.8 Å². The van der Waals surface area contributed by atoms with E-state index in [1.165, 1.54) is 0 Å². The summed E-state index contributed by atoms with van der Waals surface area (Å²) >= 11 is 5.07. The Morgan fingerprint density at radius 3 is 2.65 bits per heavy atom. The first kappa shape index (κ1) is 13.9. The van der Waals surface area contributed by atoms with E-state index in [2.05, 4.69) is 19.2 Å². The third kappa shape index (κ3) is 3.98. The van der Waals surface area contributed by atoms with Gasteiger partial charge in [-0.25, -0.2) is 0 Å². The van der Waals surface area contributed by atoms with Gasteiger partial charge in [-0.2, -0.15) is 0 Å². The Bertz CT molecular complexity index is 416. The first-order valence-corrected chi connectivity index (χ1v) is 5.94. The highest BCUT2D eigenvalue weighted by atomic mass is 32.1. The van der Waals surface area contributed by atoms with Gasteiger partial charge in [-0.1, -0.05) is 23.8 Å². The van der Waals surface area contributed by atoms with Crippen LogP contribution in [0.1, 0.15) is 25.0 Å². The normalized spacial score (nSPS) is 11.3. The lowest BCUT2D eigenvalue weighted by Gasteiger charge is -2.28. The zero-order valence-electron chi connectivity index (χ0n) is 10.8. The molecule has 0 aliphatic rings. The molecule has 0 aliphatic heterocycles. The predicted molar refractivity (Wildman–Crippen MR) is 76.6 cm³/mol. The Hall–Kier alpha value is -1.13. The number of rotatable bonds is 5. The molecule has 4 heteroatoms. The largest absolute Gasteiger partial charge is 0.389 e. The molecule has 1 rings (SSSR count). The van der Waals surface area contributed by atoms with Gasteiger partial charge in [-0.05, 0) is 32.9 Å². The van der Waals surface area contributed by atoms with Crippen LogP contribution in [-0.4, -0.2) is 24.2 Å². The topological polar surface area (TPSA) is 47.3 Å². The minimum absolute atomic E-state index is 0.163. The number of aryl methyl sites for hydroxylation is 1. The zero-order valence-corrected chi connectivity index (χ0v) is 11.6. The zero-order chi connectivity index (χ0) is 13.1. The highest BCUT2D eigenvalue weighted by molar-refractivity contribution is 7.80. The summed E-state index contributed by atoms with van der Waals surface area (Å²) in [6.07, 6.45) is 0. The van der Waals surface area contributed by atoms with Crippen molar-refractivity contribution < 1.29 is 4.74 Å². The van der Waals surface area contributed by atoms with Crippen molar-refractivity contribution in [2.45, 2.75) is 26.3 Å². The summed E-state index contributed by atoms with van der Waals surface area (Å²) in [6.45, 7) is 6.77. The van der Waals surface area contributed by atoms with Crippen LogP contribution in [0.2, 0.25) is 0 Å². The second-order valence-corrected chi connectivity index (χ2v) is 5.30. The predicted octanol–water partition coefficient (Wildman–Crippen LogP) is 2.47. The van der Waals surface area contributed by atoms with Crippen LogP contribution >= 0.6 is 12.2 Å². The van der Waals surface area contributed by atoms with Crippen LogP contribution in [0.3, 0.4) is 0 Å². The molecule has 0 heterocycles. The Morgan fingerprint density at radius 2 is 2.12 bits per heavy atom. The van der Waals surface area contributed by atoms with E-state index < -0.39 is 0 Å². The van der Waals surface area contributed by atoms with Crippen LogP contribution in [0, 0.1) is 6.92 Å². The van der Waals surface area contributed by atoms with Crippen LogP contribution in [0.25, 0.3) is 0 Å². The summed E-state index contributed by atoms with van der Waals surface area (Å²) in [6, 6.07) is 6.03. The molecule has 94 valence electrons. The second-order valence-electron chi connectivity index (χ2n) is 4.86. The number of ether oxygens (including phenoxy) is 1. The quantitative estimate of drug-likeness (QED) is 0.790. The average Bonchev–Trinajstić information content (AvgIpc) is 2.20. The Kier molecular flexibility index (Phi) is 4.48. The second kappa shape index (κ2) is 5.47. The lowest BCUT2D eigenvalue weighted by molar-refractivity contribution is 0.158. The highest BCUT2D eigenvalue weighted by Crippen LogP contribution is 2.21. The first-order valence-electron chi connectivity index (χ1n) is 5.53. The monoisotopic (exact) mass is 252 g/mol. The molecular formula is C13H20N2OS. The van der Waals surface area contributed by atoms with Gasteiger partial charge in [0.05, 0.1) is 12.1 Å². The summed E-state index contributed by atoms with van der Waals surface area (Å²) in [7, 11) is 1.69. The maximum Gasteiger partial charge on any atom is 0.106 e. The summed E-state index contributed by atoms with van der Waals surface area (Å²) in [5.74, 6) is 0. The molecule has 0 saturated heterocycles. The lowest BCUT2D eigenvalue weighted by atomic mass is 10.0. The number of anilines is 1. The van der Waals surface area contributed by atoms with Crippen molar-refractivity contribution in [3.8, 4) is 0 Å². The van der Waals surface area contributed by atoms with E-state index in [-0.39, 0.29) is 5.54 Å². The van der Waals surface area contributed by atoms with Crippen molar-refractivity contribution >= 4 is 22.9 Å². The molecule has 1 aromatic rings. The average molecular weight is 252 g/mol. The minimum Gasteiger partial charge on any atom is -0.389 e.